The van der Waals surface area contributed by atoms with Gasteiger partial charge in [0.15, 0.2) is 9.84 Å². The molecule has 0 atom stereocenters. The smallest absolute Gasteiger partial charge is 0.321 e. The van der Waals surface area contributed by atoms with Crippen molar-refractivity contribution in [3.63, 3.8) is 0 Å². The number of hydrogen-bond acceptors (Lipinski definition) is 6. The van der Waals surface area contributed by atoms with Crippen LogP contribution in [0.3, 0.4) is 0 Å². The molecule has 7 nitrogen and oxygen atoms in total. The van der Waals surface area contributed by atoms with Crippen molar-refractivity contribution in [2.75, 3.05) is 29.2 Å². The molecule has 1 rings (SSSR count). The fourth-order valence-corrected chi connectivity index (χ4v) is 2.61. The number of rotatable bonds is 6. The van der Waals surface area contributed by atoms with E-state index < -0.39 is 33.2 Å². The van der Waals surface area contributed by atoms with Crippen molar-refractivity contribution in [1.82, 2.24) is 0 Å². The predicted octanol–water partition coefficient (Wildman–Crippen LogP) is 0.494. The molecule has 0 unspecified atom stereocenters. The lowest BCUT2D eigenvalue weighted by molar-refractivity contribution is -0.139. The summed E-state index contributed by atoms with van der Waals surface area (Å²) in [6, 6.07) is 4.91. The second-order valence-corrected chi connectivity index (χ2v) is 6.52. The van der Waals surface area contributed by atoms with Crippen LogP contribution in [0.1, 0.15) is 12.5 Å². The van der Waals surface area contributed by atoms with E-state index in [1.807, 2.05) is 0 Å². The Bertz CT molecular complexity index is 640. The molecule has 0 radical (unpaired) electrons. The predicted molar refractivity (Wildman–Crippen MR) is 79.5 cm³/mol. The third-order valence-corrected chi connectivity index (χ3v) is 3.91. The lowest BCUT2D eigenvalue weighted by atomic mass is 10.2. The highest BCUT2D eigenvalue weighted by molar-refractivity contribution is 7.92. The quantitative estimate of drug-likeness (QED) is 0.583. The number of nitrogens with two attached hydrogens (primary N) is 1. The molecule has 0 bridgehead atoms. The Labute approximate surface area is 123 Å². The summed E-state index contributed by atoms with van der Waals surface area (Å²) in [6.07, 6.45) is 0. The summed E-state index contributed by atoms with van der Waals surface area (Å²) < 4.78 is 27.9. The highest BCUT2D eigenvalue weighted by Crippen LogP contribution is 2.18. The van der Waals surface area contributed by atoms with Gasteiger partial charge < -0.3 is 15.8 Å². The lowest BCUT2D eigenvalue weighted by Crippen LogP contribution is -2.28. The molecule has 21 heavy (non-hydrogen) atoms. The van der Waals surface area contributed by atoms with Crippen molar-refractivity contribution in [1.29, 1.82) is 0 Å². The molecular formula is C13H18N2O5S. The maximum atomic E-state index is 11.7. The van der Waals surface area contributed by atoms with Crippen LogP contribution in [0.5, 0.6) is 0 Å². The molecule has 1 amide bonds. The summed E-state index contributed by atoms with van der Waals surface area (Å²) in [5.74, 6) is -3.21. The zero-order valence-electron chi connectivity index (χ0n) is 11.9. The van der Waals surface area contributed by atoms with E-state index in [1.165, 1.54) is 6.07 Å². The molecule has 0 aliphatic rings. The number of carbonyl (C=O) groups is 2. The van der Waals surface area contributed by atoms with Gasteiger partial charge in [-0.05, 0) is 31.5 Å². The van der Waals surface area contributed by atoms with Crippen LogP contribution in [0.2, 0.25) is 0 Å². The van der Waals surface area contributed by atoms with E-state index in [4.69, 9.17) is 5.73 Å². The van der Waals surface area contributed by atoms with E-state index in [-0.39, 0.29) is 6.61 Å². The molecule has 1 aromatic carbocycles. The van der Waals surface area contributed by atoms with Crippen LogP contribution in [0.4, 0.5) is 11.4 Å². The summed E-state index contributed by atoms with van der Waals surface area (Å²) in [4.78, 5) is 22.9. The fraction of sp³-hybridized carbons (Fsp3) is 0.385. The number of nitrogens with one attached hydrogen (secondary N) is 1. The largest absolute Gasteiger partial charge is 0.465 e. The summed E-state index contributed by atoms with van der Waals surface area (Å²) in [5.41, 5.74) is 7.24. The number of nitrogen functional groups attached to an aromatic ring is 1. The number of hydrogen-bond donors (Lipinski definition) is 2. The molecule has 0 aromatic heterocycles. The SMILES string of the molecule is CCOC(=O)CS(=O)(=O)CC(=O)Nc1cc(N)ccc1C. The van der Waals surface area contributed by atoms with Crippen LogP contribution in [0, 0.1) is 6.92 Å². The maximum Gasteiger partial charge on any atom is 0.321 e. The highest BCUT2D eigenvalue weighted by atomic mass is 32.2. The molecule has 3 N–H and O–H groups in total. The van der Waals surface area contributed by atoms with Gasteiger partial charge in [0.05, 0.1) is 6.61 Å². The monoisotopic (exact) mass is 314 g/mol. The molecule has 0 saturated heterocycles. The van der Waals surface area contributed by atoms with Gasteiger partial charge in [-0.1, -0.05) is 6.07 Å². The van der Waals surface area contributed by atoms with E-state index in [1.54, 1.807) is 26.0 Å². The summed E-state index contributed by atoms with van der Waals surface area (Å²) in [5, 5.41) is 2.46. The maximum absolute atomic E-state index is 11.7. The van der Waals surface area contributed by atoms with Crippen molar-refractivity contribution < 1.29 is 22.7 Å². The molecule has 0 fully saturated rings. The molecule has 0 heterocycles. The molecule has 0 spiro atoms. The average molecular weight is 314 g/mol. The van der Waals surface area contributed by atoms with E-state index in [0.29, 0.717) is 11.4 Å². The van der Waals surface area contributed by atoms with Gasteiger partial charge in [0.2, 0.25) is 5.91 Å². The zero-order chi connectivity index (χ0) is 16.0. The van der Waals surface area contributed by atoms with Crippen molar-refractivity contribution >= 4 is 33.1 Å². The minimum absolute atomic E-state index is 0.0863. The molecule has 0 saturated carbocycles. The van der Waals surface area contributed by atoms with Crippen molar-refractivity contribution in [3.05, 3.63) is 23.8 Å². The molecule has 0 aliphatic carbocycles. The first-order valence-corrected chi connectivity index (χ1v) is 8.07. The molecular weight excluding hydrogens is 296 g/mol. The Kier molecular flexibility index (Phi) is 5.71. The lowest BCUT2D eigenvalue weighted by Gasteiger charge is -2.09. The second-order valence-electron chi connectivity index (χ2n) is 4.46. The Morgan fingerprint density at radius 1 is 1.29 bits per heavy atom. The third-order valence-electron chi connectivity index (χ3n) is 2.53. The second kappa shape index (κ2) is 7.07. The fourth-order valence-electron chi connectivity index (χ4n) is 1.59. The summed E-state index contributed by atoms with van der Waals surface area (Å²) >= 11 is 0. The first-order chi connectivity index (χ1) is 9.73. The van der Waals surface area contributed by atoms with Gasteiger partial charge in [-0.15, -0.1) is 0 Å². The minimum atomic E-state index is -3.86. The number of benzene rings is 1. The number of sulfone groups is 1. The van der Waals surface area contributed by atoms with Crippen molar-refractivity contribution in [2.45, 2.75) is 13.8 Å². The van der Waals surface area contributed by atoms with Crippen molar-refractivity contribution in [2.24, 2.45) is 0 Å². The van der Waals surface area contributed by atoms with Gasteiger partial charge in [-0.3, -0.25) is 9.59 Å². The standard InChI is InChI=1S/C13H18N2O5S/c1-3-20-13(17)8-21(18,19)7-12(16)15-11-6-10(14)5-4-9(11)2/h4-6H,3,7-8,14H2,1-2H3,(H,15,16). The van der Waals surface area contributed by atoms with Crippen LogP contribution >= 0.6 is 0 Å². The van der Waals surface area contributed by atoms with Gasteiger partial charge in [-0.2, -0.15) is 0 Å². The first-order valence-electron chi connectivity index (χ1n) is 6.25. The van der Waals surface area contributed by atoms with Crippen LogP contribution in [0.15, 0.2) is 18.2 Å². The number of esters is 1. The molecule has 0 aliphatic heterocycles. The topological polar surface area (TPSA) is 116 Å². The Morgan fingerprint density at radius 3 is 2.57 bits per heavy atom. The van der Waals surface area contributed by atoms with E-state index in [2.05, 4.69) is 10.1 Å². The first kappa shape index (κ1) is 17.0. The van der Waals surface area contributed by atoms with Gasteiger partial charge in [-0.25, -0.2) is 8.42 Å². The average Bonchev–Trinajstić information content (AvgIpc) is 2.32. The van der Waals surface area contributed by atoms with Gasteiger partial charge in [0, 0.05) is 11.4 Å². The van der Waals surface area contributed by atoms with Gasteiger partial charge in [0.25, 0.3) is 0 Å². The number of amides is 1. The highest BCUT2D eigenvalue weighted by Gasteiger charge is 2.21. The van der Waals surface area contributed by atoms with E-state index in [9.17, 15) is 18.0 Å². The molecule has 116 valence electrons. The van der Waals surface area contributed by atoms with Crippen LogP contribution in [-0.2, 0) is 24.2 Å². The normalized spacial score (nSPS) is 11.0. The Balaban J connectivity index is 2.68. The number of aryl methyl sites for hydroxylation is 1. The number of ether oxygens (including phenoxy) is 1. The van der Waals surface area contributed by atoms with Crippen LogP contribution < -0.4 is 11.1 Å². The molecule has 1 aromatic rings. The van der Waals surface area contributed by atoms with Gasteiger partial charge in [0.1, 0.15) is 11.5 Å². The minimum Gasteiger partial charge on any atom is -0.465 e. The number of anilines is 2. The van der Waals surface area contributed by atoms with E-state index in [0.717, 1.165) is 5.56 Å². The number of carbonyl (C=O) groups excluding carboxylic acids is 2. The Morgan fingerprint density at radius 2 is 1.95 bits per heavy atom. The molecule has 8 heteroatoms. The van der Waals surface area contributed by atoms with Gasteiger partial charge >= 0.3 is 5.97 Å². The summed E-state index contributed by atoms with van der Waals surface area (Å²) in [6.45, 7) is 3.41. The summed E-state index contributed by atoms with van der Waals surface area (Å²) in [7, 11) is -3.86. The zero-order valence-corrected chi connectivity index (χ0v) is 12.7. The van der Waals surface area contributed by atoms with Crippen LogP contribution in [-0.4, -0.2) is 38.4 Å². The Hall–Kier alpha value is -2.09. The van der Waals surface area contributed by atoms with Crippen LogP contribution in [0.25, 0.3) is 0 Å². The third kappa shape index (κ3) is 5.82. The van der Waals surface area contributed by atoms with Crippen molar-refractivity contribution in [3.8, 4) is 0 Å². The van der Waals surface area contributed by atoms with E-state index >= 15 is 0 Å².